The van der Waals surface area contributed by atoms with Crippen LogP contribution >= 0.6 is 22.9 Å². The third-order valence-electron chi connectivity index (χ3n) is 3.00. The van der Waals surface area contributed by atoms with Crippen LogP contribution < -0.4 is 0 Å². The summed E-state index contributed by atoms with van der Waals surface area (Å²) in [5.41, 5.74) is 1.16. The van der Waals surface area contributed by atoms with Gasteiger partial charge in [0.15, 0.2) is 5.78 Å². The van der Waals surface area contributed by atoms with Crippen LogP contribution in [0.5, 0.6) is 0 Å². The topological polar surface area (TPSA) is 86.0 Å². The minimum Gasteiger partial charge on any atom is -0.288 e. The fourth-order valence-electron chi connectivity index (χ4n) is 1.94. The monoisotopic (exact) mass is 343 g/mol. The van der Waals surface area contributed by atoms with Gasteiger partial charge in [0.05, 0.1) is 21.1 Å². The summed E-state index contributed by atoms with van der Waals surface area (Å²) < 4.78 is 3.71. The van der Waals surface area contributed by atoms with Gasteiger partial charge in [-0.2, -0.15) is 0 Å². The molecule has 0 amide bonds. The number of nitrogens with zero attached hydrogens (tertiary/aromatic N) is 3. The number of nitro benzene ring substituents is 1. The zero-order valence-electron chi connectivity index (χ0n) is 11.6. The quantitative estimate of drug-likeness (QED) is 0.302. The molecule has 0 aliphatic rings. The first-order valence-corrected chi connectivity index (χ1v) is 8.13. The molecule has 2 heterocycles. The molecule has 0 saturated carbocycles. The number of thiophene rings is 1. The number of carbonyl (C=O) groups is 1. The second kappa shape index (κ2) is 6.59. The highest BCUT2D eigenvalue weighted by atomic mass is 32.1. The van der Waals surface area contributed by atoms with Crippen LogP contribution in [0.4, 0.5) is 5.69 Å². The van der Waals surface area contributed by atoms with E-state index >= 15 is 0 Å². The Morgan fingerprint density at radius 3 is 2.78 bits per heavy atom. The predicted molar refractivity (Wildman–Crippen MR) is 89.7 cm³/mol. The maximum Gasteiger partial charge on any atom is 0.278 e. The average molecular weight is 343 g/mol. The predicted octanol–water partition coefficient (Wildman–Crippen LogP) is 4.07. The number of nitro groups is 1. The number of benzene rings is 1. The van der Waals surface area contributed by atoms with Crippen LogP contribution in [0.2, 0.25) is 0 Å². The SMILES string of the molecule is O=C(/C=C/c1csnn1)c1ccc(-c2ccccc2[N+](=O)[O-])s1. The van der Waals surface area contributed by atoms with Crippen molar-refractivity contribution in [2.45, 2.75) is 0 Å². The number of para-hydroxylation sites is 1. The molecule has 3 rings (SSSR count). The normalized spacial score (nSPS) is 11.0. The largest absolute Gasteiger partial charge is 0.288 e. The van der Waals surface area contributed by atoms with E-state index in [-0.39, 0.29) is 11.5 Å². The van der Waals surface area contributed by atoms with Gasteiger partial charge in [-0.15, -0.1) is 16.4 Å². The molecule has 8 heteroatoms. The van der Waals surface area contributed by atoms with E-state index in [1.54, 1.807) is 41.8 Å². The van der Waals surface area contributed by atoms with Gasteiger partial charge in [0.25, 0.3) is 5.69 Å². The van der Waals surface area contributed by atoms with Crippen molar-refractivity contribution in [2.24, 2.45) is 0 Å². The maximum absolute atomic E-state index is 12.1. The number of ketones is 1. The van der Waals surface area contributed by atoms with Crippen molar-refractivity contribution in [1.29, 1.82) is 0 Å². The molecular weight excluding hydrogens is 334 g/mol. The summed E-state index contributed by atoms with van der Waals surface area (Å²) in [6, 6.07) is 9.87. The van der Waals surface area contributed by atoms with E-state index in [9.17, 15) is 14.9 Å². The summed E-state index contributed by atoms with van der Waals surface area (Å²) in [6.07, 6.45) is 3.02. The van der Waals surface area contributed by atoms with Crippen molar-refractivity contribution >= 4 is 40.4 Å². The van der Waals surface area contributed by atoms with E-state index in [0.29, 0.717) is 21.0 Å². The van der Waals surface area contributed by atoms with Crippen LogP contribution in [-0.4, -0.2) is 20.3 Å². The Kier molecular flexibility index (Phi) is 4.35. The molecule has 0 radical (unpaired) electrons. The lowest BCUT2D eigenvalue weighted by Gasteiger charge is -1.98. The van der Waals surface area contributed by atoms with Crippen molar-refractivity contribution in [3.05, 3.63) is 68.5 Å². The van der Waals surface area contributed by atoms with E-state index in [4.69, 9.17) is 0 Å². The van der Waals surface area contributed by atoms with Gasteiger partial charge in [-0.05, 0) is 41.9 Å². The lowest BCUT2D eigenvalue weighted by atomic mass is 10.1. The molecule has 1 aromatic carbocycles. The highest BCUT2D eigenvalue weighted by Crippen LogP contribution is 2.34. The Labute approximate surface area is 139 Å². The highest BCUT2D eigenvalue weighted by molar-refractivity contribution is 7.17. The van der Waals surface area contributed by atoms with Gasteiger partial charge < -0.3 is 0 Å². The minimum absolute atomic E-state index is 0.0254. The molecule has 0 atom stereocenters. The number of carbonyl (C=O) groups excluding carboxylic acids is 1. The third kappa shape index (κ3) is 3.38. The Hall–Kier alpha value is -2.71. The van der Waals surface area contributed by atoms with Crippen molar-refractivity contribution < 1.29 is 9.72 Å². The van der Waals surface area contributed by atoms with E-state index in [1.807, 2.05) is 0 Å². The summed E-state index contributed by atoms with van der Waals surface area (Å²) >= 11 is 2.43. The van der Waals surface area contributed by atoms with Crippen molar-refractivity contribution in [1.82, 2.24) is 9.59 Å². The standard InChI is InChI=1S/C15H9N3O3S2/c19-13(6-5-10-9-22-17-16-10)15-8-7-14(23-15)11-3-1-2-4-12(11)18(20)21/h1-9H/b6-5+. The first-order valence-electron chi connectivity index (χ1n) is 6.48. The van der Waals surface area contributed by atoms with Crippen LogP contribution in [0.15, 0.2) is 47.9 Å². The van der Waals surface area contributed by atoms with E-state index in [2.05, 4.69) is 9.59 Å². The molecule has 2 aromatic heterocycles. The van der Waals surface area contributed by atoms with Gasteiger partial charge in [0, 0.05) is 16.3 Å². The Morgan fingerprint density at radius 2 is 2.04 bits per heavy atom. The van der Waals surface area contributed by atoms with Crippen LogP contribution in [0.1, 0.15) is 15.4 Å². The molecule has 0 unspecified atom stereocenters. The maximum atomic E-state index is 12.1. The van der Waals surface area contributed by atoms with Crippen molar-refractivity contribution in [3.8, 4) is 10.4 Å². The summed E-state index contributed by atoms with van der Waals surface area (Å²) in [5.74, 6) is -0.173. The molecule has 114 valence electrons. The first-order chi connectivity index (χ1) is 11.1. The van der Waals surface area contributed by atoms with Gasteiger partial charge in [-0.3, -0.25) is 14.9 Å². The molecule has 0 saturated heterocycles. The highest BCUT2D eigenvalue weighted by Gasteiger charge is 2.16. The molecular formula is C15H9N3O3S2. The Bertz CT molecular complexity index is 885. The fourth-order valence-corrected chi connectivity index (χ4v) is 3.33. The van der Waals surface area contributed by atoms with E-state index in [0.717, 1.165) is 0 Å². The van der Waals surface area contributed by atoms with Crippen LogP contribution in [0.3, 0.4) is 0 Å². The van der Waals surface area contributed by atoms with Crippen LogP contribution in [0, 0.1) is 10.1 Å². The van der Waals surface area contributed by atoms with Crippen LogP contribution in [-0.2, 0) is 0 Å². The van der Waals surface area contributed by atoms with Gasteiger partial charge in [-0.25, -0.2) is 0 Å². The first kappa shape index (κ1) is 15.2. The van der Waals surface area contributed by atoms with Gasteiger partial charge >= 0.3 is 0 Å². The summed E-state index contributed by atoms with van der Waals surface area (Å²) in [6.45, 7) is 0. The summed E-state index contributed by atoms with van der Waals surface area (Å²) in [7, 11) is 0. The molecule has 0 spiro atoms. The zero-order chi connectivity index (χ0) is 16.2. The number of hydrogen-bond acceptors (Lipinski definition) is 7. The lowest BCUT2D eigenvalue weighted by molar-refractivity contribution is -0.384. The van der Waals surface area contributed by atoms with Gasteiger partial charge in [0.1, 0.15) is 0 Å². The lowest BCUT2D eigenvalue weighted by Crippen LogP contribution is -1.90. The summed E-state index contributed by atoms with van der Waals surface area (Å²) in [4.78, 5) is 24.0. The molecule has 0 aliphatic heterocycles. The Balaban J connectivity index is 1.86. The Morgan fingerprint density at radius 1 is 1.22 bits per heavy atom. The fraction of sp³-hybridized carbons (Fsp3) is 0. The smallest absolute Gasteiger partial charge is 0.278 e. The number of aromatic nitrogens is 2. The molecule has 0 aliphatic carbocycles. The number of rotatable bonds is 5. The van der Waals surface area contributed by atoms with Gasteiger partial charge in [0.2, 0.25) is 0 Å². The zero-order valence-corrected chi connectivity index (χ0v) is 13.2. The molecule has 0 fully saturated rings. The number of allylic oxidation sites excluding steroid dienone is 1. The average Bonchev–Trinajstić information content (AvgIpc) is 3.24. The molecule has 3 aromatic rings. The molecule has 6 nitrogen and oxygen atoms in total. The second-order valence-corrected chi connectivity index (χ2v) is 6.16. The molecule has 0 N–H and O–H groups in total. The van der Waals surface area contributed by atoms with Crippen molar-refractivity contribution in [2.75, 3.05) is 0 Å². The van der Waals surface area contributed by atoms with E-state index in [1.165, 1.54) is 35.0 Å². The van der Waals surface area contributed by atoms with E-state index < -0.39 is 4.92 Å². The molecule has 23 heavy (non-hydrogen) atoms. The number of hydrogen-bond donors (Lipinski definition) is 0. The third-order valence-corrected chi connectivity index (χ3v) is 4.65. The van der Waals surface area contributed by atoms with Crippen LogP contribution in [0.25, 0.3) is 16.5 Å². The summed E-state index contributed by atoms with van der Waals surface area (Å²) in [5, 5.41) is 16.6. The minimum atomic E-state index is -0.425. The van der Waals surface area contributed by atoms with Gasteiger partial charge in [-0.1, -0.05) is 16.6 Å². The van der Waals surface area contributed by atoms with Crippen molar-refractivity contribution in [3.63, 3.8) is 0 Å². The molecule has 0 bridgehead atoms. The second-order valence-electron chi connectivity index (χ2n) is 4.47.